The van der Waals surface area contributed by atoms with E-state index in [2.05, 4.69) is 12.1 Å². The highest BCUT2D eigenvalue weighted by atomic mass is 31.2. The number of aliphatic hydroxyl groups excluding tert-OH is 1. The molecule has 2 aromatic rings. The third-order valence-electron chi connectivity index (χ3n) is 9.16. The van der Waals surface area contributed by atoms with Crippen molar-refractivity contribution in [3.05, 3.63) is 58.7 Å². The van der Waals surface area contributed by atoms with Gasteiger partial charge in [-0.25, -0.2) is 4.57 Å². The first-order chi connectivity index (χ1) is 21.2. The van der Waals surface area contributed by atoms with Gasteiger partial charge in [0.05, 0.1) is 35.3 Å². The molecule has 2 saturated heterocycles. The van der Waals surface area contributed by atoms with Gasteiger partial charge in [0, 0.05) is 30.6 Å². The minimum atomic E-state index is -4.98. The van der Waals surface area contributed by atoms with Crippen LogP contribution in [0.3, 0.4) is 0 Å². The fourth-order valence-electron chi connectivity index (χ4n) is 7.08. The van der Waals surface area contributed by atoms with E-state index in [0.29, 0.717) is 72.5 Å². The molecule has 4 heterocycles. The molecule has 6 atom stereocenters. The first-order valence-corrected chi connectivity index (χ1v) is 16.6. The molecule has 4 aliphatic rings. The topological polar surface area (TPSA) is 166 Å². The monoisotopic (exact) mass is 636 g/mol. The molecule has 2 unspecified atom stereocenters. The number of aliphatic hydroxyl groups is 1. The Labute approximate surface area is 262 Å². The minimum absolute atomic E-state index is 0.136. The van der Waals surface area contributed by atoms with Crippen LogP contribution in [0.4, 0.5) is 0 Å². The third kappa shape index (κ3) is 5.72. The van der Waals surface area contributed by atoms with Gasteiger partial charge in [-0.15, -0.1) is 0 Å². The molecule has 1 amide bonds. The normalized spacial score (nSPS) is 29.8. The van der Waals surface area contributed by atoms with Gasteiger partial charge in [-0.2, -0.15) is 10.5 Å². The second kappa shape index (κ2) is 11.4. The van der Waals surface area contributed by atoms with E-state index in [1.54, 1.807) is 73.9 Å². The standard InChI is InChI=1S/C32H37N4O8P/c1-31(2)29(27(35-13-5-7-25(35)37)21-15-19(17-33)9-11-23(21)41-31)43-45(39,40)44-30-28(36-14-6-8-26(36)38)22-16-20(18-34)10-12-24(22)42-32(30,3)4/h9-12,15-16,25,27-30,37H,5-8,13-14H2,1-4H3,(H,39,40)/t25?,27-,28+,29-,30+/m0/s1. The molecule has 0 aromatic heterocycles. The summed E-state index contributed by atoms with van der Waals surface area (Å²) < 4.78 is 38.9. The highest BCUT2D eigenvalue weighted by Crippen LogP contribution is 2.58. The maximum Gasteiger partial charge on any atom is 0.473 e. The zero-order chi connectivity index (χ0) is 32.3. The molecule has 6 rings (SSSR count). The van der Waals surface area contributed by atoms with Crippen LogP contribution < -0.4 is 9.47 Å². The Balaban J connectivity index is 1.39. The number of hydrogen-bond acceptors (Lipinski definition) is 10. The average Bonchev–Trinajstić information content (AvgIpc) is 3.60. The van der Waals surface area contributed by atoms with Gasteiger partial charge in [-0.05, 0) is 83.4 Å². The van der Waals surface area contributed by atoms with Crippen molar-refractivity contribution >= 4 is 13.7 Å². The lowest BCUT2D eigenvalue weighted by atomic mass is 9.85. The number of phosphoric acid groups is 1. The first-order valence-electron chi connectivity index (χ1n) is 15.1. The van der Waals surface area contributed by atoms with Crippen molar-refractivity contribution in [2.75, 3.05) is 13.1 Å². The van der Waals surface area contributed by atoms with Crippen LogP contribution in [-0.4, -0.2) is 68.4 Å². The summed E-state index contributed by atoms with van der Waals surface area (Å²) >= 11 is 0. The van der Waals surface area contributed by atoms with Gasteiger partial charge in [-0.1, -0.05) is 0 Å². The van der Waals surface area contributed by atoms with Crippen molar-refractivity contribution < 1.29 is 37.9 Å². The first kappa shape index (κ1) is 31.5. The number of likely N-dealkylation sites (tertiary alicyclic amines) is 2. The zero-order valence-corrected chi connectivity index (χ0v) is 26.6. The number of nitriles is 2. The second-order valence-electron chi connectivity index (χ2n) is 13.1. The minimum Gasteiger partial charge on any atom is -0.485 e. The Bertz CT molecular complexity index is 1650. The molecule has 13 heteroatoms. The molecule has 0 bridgehead atoms. The molecule has 45 heavy (non-hydrogen) atoms. The van der Waals surface area contributed by atoms with E-state index >= 15 is 0 Å². The summed E-state index contributed by atoms with van der Waals surface area (Å²) in [6.07, 6.45) is -0.986. The summed E-state index contributed by atoms with van der Waals surface area (Å²) in [6.45, 7) is 7.78. The maximum absolute atomic E-state index is 14.2. The summed E-state index contributed by atoms with van der Waals surface area (Å²) in [7, 11) is -4.98. The molecule has 12 nitrogen and oxygen atoms in total. The van der Waals surface area contributed by atoms with Crippen LogP contribution >= 0.6 is 7.82 Å². The van der Waals surface area contributed by atoms with Crippen molar-refractivity contribution in [1.29, 1.82) is 10.5 Å². The Morgan fingerprint density at radius 2 is 1.42 bits per heavy atom. The quantitative estimate of drug-likeness (QED) is 0.430. The predicted molar refractivity (Wildman–Crippen MR) is 160 cm³/mol. The van der Waals surface area contributed by atoms with Crippen LogP contribution in [0.15, 0.2) is 36.4 Å². The highest BCUT2D eigenvalue weighted by Gasteiger charge is 2.56. The van der Waals surface area contributed by atoms with E-state index in [0.717, 1.165) is 0 Å². The number of ether oxygens (including phenoxy) is 2. The zero-order valence-electron chi connectivity index (χ0n) is 25.7. The van der Waals surface area contributed by atoms with Crippen molar-refractivity contribution in [1.82, 2.24) is 9.80 Å². The number of phosphoric ester groups is 1. The number of carbonyl (C=O) groups is 1. The number of fused-ring (bicyclic) bond motifs is 2. The number of hydrogen-bond donors (Lipinski definition) is 2. The summed E-state index contributed by atoms with van der Waals surface area (Å²) in [4.78, 5) is 28.0. The van der Waals surface area contributed by atoms with Gasteiger partial charge in [-0.3, -0.25) is 18.7 Å². The van der Waals surface area contributed by atoms with Crippen LogP contribution in [-0.2, 0) is 18.4 Å². The van der Waals surface area contributed by atoms with Crippen molar-refractivity contribution in [3.8, 4) is 23.6 Å². The molecule has 0 aliphatic carbocycles. The van der Waals surface area contributed by atoms with E-state index < -0.39 is 49.5 Å². The summed E-state index contributed by atoms with van der Waals surface area (Å²) in [5, 5.41) is 30.2. The number of rotatable bonds is 6. The van der Waals surface area contributed by atoms with Crippen molar-refractivity contribution in [2.45, 2.75) is 95.1 Å². The average molecular weight is 637 g/mol. The lowest BCUT2D eigenvalue weighted by molar-refractivity contribution is -0.143. The van der Waals surface area contributed by atoms with E-state index in [1.807, 2.05) is 0 Å². The SMILES string of the molecule is CC1(C)Oc2ccc(C#N)cc2[C@@H](N2CCCC2=O)[C@H]1OP(=O)(O)O[C@H]1[C@@H](N2CCCC2O)c2cc(C#N)ccc2OC1(C)C. The van der Waals surface area contributed by atoms with Crippen LogP contribution in [0.2, 0.25) is 0 Å². The Kier molecular flexibility index (Phi) is 7.98. The van der Waals surface area contributed by atoms with Gasteiger partial charge in [0.25, 0.3) is 0 Å². The highest BCUT2D eigenvalue weighted by molar-refractivity contribution is 7.47. The third-order valence-corrected chi connectivity index (χ3v) is 10.2. The Morgan fingerprint density at radius 3 is 1.89 bits per heavy atom. The van der Waals surface area contributed by atoms with E-state index in [1.165, 1.54) is 0 Å². The molecule has 2 N–H and O–H groups in total. The van der Waals surface area contributed by atoms with E-state index in [4.69, 9.17) is 18.5 Å². The Morgan fingerprint density at radius 1 is 0.889 bits per heavy atom. The van der Waals surface area contributed by atoms with E-state index in [9.17, 15) is 29.9 Å². The lowest BCUT2D eigenvalue weighted by Crippen LogP contribution is -2.56. The lowest BCUT2D eigenvalue weighted by Gasteiger charge is -2.49. The number of amides is 1. The molecular weight excluding hydrogens is 599 g/mol. The van der Waals surface area contributed by atoms with Gasteiger partial charge in [0.15, 0.2) is 0 Å². The molecular formula is C32H37N4O8P. The van der Waals surface area contributed by atoms with Gasteiger partial charge < -0.3 is 24.4 Å². The largest absolute Gasteiger partial charge is 0.485 e. The molecule has 2 aromatic carbocycles. The summed E-state index contributed by atoms with van der Waals surface area (Å²) in [5.74, 6) is 0.797. The predicted octanol–water partition coefficient (Wildman–Crippen LogP) is 4.46. The molecule has 0 spiro atoms. The van der Waals surface area contributed by atoms with Crippen LogP contribution in [0, 0.1) is 22.7 Å². The molecule has 0 radical (unpaired) electrons. The fourth-order valence-corrected chi connectivity index (χ4v) is 8.44. The smallest absolute Gasteiger partial charge is 0.473 e. The maximum atomic E-state index is 14.2. The van der Waals surface area contributed by atoms with Crippen LogP contribution in [0.5, 0.6) is 11.5 Å². The molecule has 0 saturated carbocycles. The fraction of sp³-hybridized carbons (Fsp3) is 0.531. The number of nitrogens with zero attached hydrogens (tertiary/aromatic N) is 4. The van der Waals surface area contributed by atoms with Crippen molar-refractivity contribution in [3.63, 3.8) is 0 Å². The van der Waals surface area contributed by atoms with E-state index in [-0.39, 0.29) is 5.91 Å². The summed E-state index contributed by atoms with van der Waals surface area (Å²) in [5.41, 5.74) is -0.599. The van der Waals surface area contributed by atoms with Gasteiger partial charge in [0.2, 0.25) is 5.91 Å². The van der Waals surface area contributed by atoms with Gasteiger partial charge in [0.1, 0.15) is 41.1 Å². The molecule has 2 fully saturated rings. The molecule has 238 valence electrons. The number of carbonyl (C=O) groups excluding carboxylic acids is 1. The molecule has 4 aliphatic heterocycles. The number of benzene rings is 2. The Hall–Kier alpha value is -3.48. The van der Waals surface area contributed by atoms with Crippen LogP contribution in [0.25, 0.3) is 0 Å². The van der Waals surface area contributed by atoms with Crippen molar-refractivity contribution in [2.24, 2.45) is 0 Å². The van der Waals surface area contributed by atoms with Crippen LogP contribution in [0.1, 0.15) is 87.7 Å². The second-order valence-corrected chi connectivity index (χ2v) is 14.5. The summed E-state index contributed by atoms with van der Waals surface area (Å²) in [6, 6.07) is 12.5. The van der Waals surface area contributed by atoms with Gasteiger partial charge >= 0.3 is 7.82 Å².